The average Bonchev–Trinajstić information content (AvgIpc) is 3.60. The molecule has 0 aliphatic heterocycles. The van der Waals surface area contributed by atoms with Gasteiger partial charge in [-0.15, -0.1) is 5.10 Å². The van der Waals surface area contributed by atoms with Crippen molar-refractivity contribution in [3.8, 4) is 23.0 Å². The number of hydrogen-bond donors (Lipinski definition) is 3. The standard InChI is InChI=1S/C30H26N8O/c1-18(34-30(39)26-28(31)36-38-16-8-15-32-29(26)38)27-25(20-9-5-4-6-10-20)24-21(11-7-12-23(24)35-27)13-14-22-17-33-37(3)19(22)2/h4-12,15-18,35H,1-3H3,(H2,31,36)(H,34,39)/t18-/m0/s1. The van der Waals surface area contributed by atoms with E-state index in [0.717, 1.165) is 44.5 Å². The highest BCUT2D eigenvalue weighted by molar-refractivity contribution is 6.05. The van der Waals surface area contributed by atoms with Crippen LogP contribution in [0.5, 0.6) is 0 Å². The van der Waals surface area contributed by atoms with Gasteiger partial charge in [-0.05, 0) is 37.6 Å². The number of nitrogens with two attached hydrogens (primary N) is 1. The fourth-order valence-electron chi connectivity index (χ4n) is 4.82. The number of aryl methyl sites for hydroxylation is 1. The molecular weight excluding hydrogens is 488 g/mol. The Kier molecular flexibility index (Phi) is 5.85. The number of aromatic nitrogens is 6. The van der Waals surface area contributed by atoms with Crippen LogP contribution in [0, 0.1) is 18.8 Å². The van der Waals surface area contributed by atoms with E-state index in [1.807, 2.05) is 62.0 Å². The molecule has 0 spiro atoms. The van der Waals surface area contributed by atoms with E-state index in [9.17, 15) is 4.79 Å². The molecule has 0 saturated carbocycles. The van der Waals surface area contributed by atoms with Gasteiger partial charge in [0.2, 0.25) is 0 Å². The molecule has 1 atom stereocenters. The summed E-state index contributed by atoms with van der Waals surface area (Å²) in [6.45, 7) is 3.94. The molecule has 0 aliphatic rings. The van der Waals surface area contributed by atoms with Crippen LogP contribution < -0.4 is 11.1 Å². The smallest absolute Gasteiger partial charge is 0.259 e. The molecule has 6 aromatic rings. The predicted molar refractivity (Wildman–Crippen MR) is 151 cm³/mol. The van der Waals surface area contributed by atoms with E-state index in [4.69, 9.17) is 5.73 Å². The highest BCUT2D eigenvalue weighted by Crippen LogP contribution is 2.37. The number of rotatable bonds is 4. The molecule has 9 heteroatoms. The quantitative estimate of drug-likeness (QED) is 0.302. The second-order valence-electron chi connectivity index (χ2n) is 9.37. The minimum absolute atomic E-state index is 0.126. The Morgan fingerprint density at radius 3 is 2.64 bits per heavy atom. The van der Waals surface area contributed by atoms with Crippen LogP contribution in [-0.2, 0) is 7.05 Å². The van der Waals surface area contributed by atoms with E-state index in [1.165, 1.54) is 4.52 Å². The Balaban J connectivity index is 1.46. The van der Waals surface area contributed by atoms with Crippen molar-refractivity contribution in [1.82, 2.24) is 34.7 Å². The van der Waals surface area contributed by atoms with Gasteiger partial charge in [0, 0.05) is 47.2 Å². The lowest BCUT2D eigenvalue weighted by Crippen LogP contribution is -2.28. The van der Waals surface area contributed by atoms with Crippen molar-refractivity contribution in [3.05, 3.63) is 101 Å². The zero-order chi connectivity index (χ0) is 27.1. The zero-order valence-electron chi connectivity index (χ0n) is 21.7. The minimum Gasteiger partial charge on any atom is -0.381 e. The third-order valence-electron chi connectivity index (χ3n) is 6.91. The van der Waals surface area contributed by atoms with Gasteiger partial charge < -0.3 is 16.0 Å². The SMILES string of the molecule is Cc1c(C#Cc2cccc3[nH]c([C@H](C)NC(=O)c4c(N)nn5cccnc45)c(-c4ccccc4)c23)cnn1C. The number of hydrogen-bond acceptors (Lipinski definition) is 5. The van der Waals surface area contributed by atoms with Crippen LogP contribution in [0.3, 0.4) is 0 Å². The Labute approximate surface area is 224 Å². The Hall–Kier alpha value is -5.36. The molecule has 0 bridgehead atoms. The minimum atomic E-state index is -0.389. The van der Waals surface area contributed by atoms with Crippen molar-refractivity contribution in [2.75, 3.05) is 5.73 Å². The van der Waals surface area contributed by atoms with Crippen LogP contribution in [0.2, 0.25) is 0 Å². The summed E-state index contributed by atoms with van der Waals surface area (Å²) in [5.41, 5.74) is 13.3. The molecule has 1 amide bonds. The first kappa shape index (κ1) is 24.0. The Bertz CT molecular complexity index is 1920. The monoisotopic (exact) mass is 514 g/mol. The second-order valence-corrected chi connectivity index (χ2v) is 9.37. The zero-order valence-corrected chi connectivity index (χ0v) is 21.7. The molecule has 2 aromatic carbocycles. The van der Waals surface area contributed by atoms with Crippen molar-refractivity contribution in [3.63, 3.8) is 0 Å². The van der Waals surface area contributed by atoms with Crippen LogP contribution >= 0.6 is 0 Å². The topological polar surface area (TPSA) is 119 Å². The molecule has 0 saturated heterocycles. The van der Waals surface area contributed by atoms with Crippen molar-refractivity contribution >= 4 is 28.3 Å². The second kappa shape index (κ2) is 9.50. The van der Waals surface area contributed by atoms with Gasteiger partial charge in [0.15, 0.2) is 11.5 Å². The summed E-state index contributed by atoms with van der Waals surface area (Å²) in [7, 11) is 1.90. The maximum Gasteiger partial charge on any atom is 0.259 e. The van der Waals surface area contributed by atoms with E-state index in [0.29, 0.717) is 5.65 Å². The lowest BCUT2D eigenvalue weighted by molar-refractivity contribution is 0.0941. The number of carbonyl (C=O) groups excluding carboxylic acids is 1. The number of H-pyrrole nitrogens is 1. The third kappa shape index (κ3) is 4.18. The molecule has 192 valence electrons. The summed E-state index contributed by atoms with van der Waals surface area (Å²) < 4.78 is 3.31. The van der Waals surface area contributed by atoms with Crippen molar-refractivity contribution in [1.29, 1.82) is 0 Å². The largest absolute Gasteiger partial charge is 0.381 e. The number of carbonyl (C=O) groups is 1. The van der Waals surface area contributed by atoms with Crippen molar-refractivity contribution < 1.29 is 4.79 Å². The van der Waals surface area contributed by atoms with Crippen LogP contribution in [-0.4, -0.2) is 35.3 Å². The molecule has 9 nitrogen and oxygen atoms in total. The van der Waals surface area contributed by atoms with E-state index in [1.54, 1.807) is 24.7 Å². The number of aromatic amines is 1. The van der Waals surface area contributed by atoms with Gasteiger partial charge in [-0.25, -0.2) is 9.50 Å². The summed E-state index contributed by atoms with van der Waals surface area (Å²) in [4.78, 5) is 21.3. The first-order valence-corrected chi connectivity index (χ1v) is 12.5. The highest BCUT2D eigenvalue weighted by atomic mass is 16.1. The number of nitrogen functional groups attached to an aromatic ring is 1. The number of benzene rings is 2. The van der Waals surface area contributed by atoms with E-state index < -0.39 is 0 Å². The molecule has 39 heavy (non-hydrogen) atoms. The van der Waals surface area contributed by atoms with Crippen LogP contribution in [0.1, 0.15) is 45.8 Å². The van der Waals surface area contributed by atoms with E-state index in [-0.39, 0.29) is 23.3 Å². The fourth-order valence-corrected chi connectivity index (χ4v) is 4.82. The number of amides is 1. The number of nitrogens with zero attached hydrogens (tertiary/aromatic N) is 5. The molecule has 0 unspecified atom stereocenters. The molecule has 0 fully saturated rings. The molecule has 4 aromatic heterocycles. The van der Waals surface area contributed by atoms with Gasteiger partial charge in [-0.1, -0.05) is 48.2 Å². The van der Waals surface area contributed by atoms with Gasteiger partial charge in [0.25, 0.3) is 5.91 Å². The first-order valence-electron chi connectivity index (χ1n) is 12.5. The number of anilines is 1. The lowest BCUT2D eigenvalue weighted by atomic mass is 9.96. The molecule has 4 heterocycles. The van der Waals surface area contributed by atoms with Gasteiger partial charge in [0.05, 0.1) is 23.5 Å². The summed E-state index contributed by atoms with van der Waals surface area (Å²) in [6.07, 6.45) is 5.10. The van der Waals surface area contributed by atoms with Crippen LogP contribution in [0.4, 0.5) is 5.82 Å². The summed E-state index contributed by atoms with van der Waals surface area (Å²) in [6, 6.07) is 17.5. The molecule has 6 rings (SSSR count). The summed E-state index contributed by atoms with van der Waals surface area (Å²) in [5, 5.41) is 12.6. The molecular formula is C30H26N8O. The predicted octanol–water partition coefficient (Wildman–Crippen LogP) is 4.39. The van der Waals surface area contributed by atoms with Crippen LogP contribution in [0.25, 0.3) is 27.7 Å². The fraction of sp³-hybridized carbons (Fsp3) is 0.133. The maximum atomic E-state index is 13.4. The first-order chi connectivity index (χ1) is 18.9. The lowest BCUT2D eigenvalue weighted by Gasteiger charge is -2.15. The molecule has 0 aliphatic carbocycles. The Morgan fingerprint density at radius 2 is 1.87 bits per heavy atom. The average molecular weight is 515 g/mol. The van der Waals surface area contributed by atoms with Crippen molar-refractivity contribution in [2.24, 2.45) is 7.05 Å². The van der Waals surface area contributed by atoms with Gasteiger partial charge >= 0.3 is 0 Å². The normalized spacial score (nSPS) is 11.9. The molecule has 4 N–H and O–H groups in total. The van der Waals surface area contributed by atoms with Gasteiger partial charge in [0.1, 0.15) is 5.56 Å². The van der Waals surface area contributed by atoms with Crippen LogP contribution in [0.15, 0.2) is 73.2 Å². The number of fused-ring (bicyclic) bond motifs is 2. The van der Waals surface area contributed by atoms with Gasteiger partial charge in [-0.3, -0.25) is 9.48 Å². The Morgan fingerprint density at radius 1 is 1.08 bits per heavy atom. The van der Waals surface area contributed by atoms with Gasteiger partial charge in [-0.2, -0.15) is 5.10 Å². The van der Waals surface area contributed by atoms with Crippen molar-refractivity contribution in [2.45, 2.75) is 19.9 Å². The van der Waals surface area contributed by atoms with E-state index >= 15 is 0 Å². The number of nitrogens with one attached hydrogen (secondary N) is 2. The summed E-state index contributed by atoms with van der Waals surface area (Å²) in [5.74, 6) is 6.43. The highest BCUT2D eigenvalue weighted by Gasteiger charge is 2.25. The summed E-state index contributed by atoms with van der Waals surface area (Å²) >= 11 is 0. The third-order valence-corrected chi connectivity index (χ3v) is 6.91. The molecule has 0 radical (unpaired) electrons. The maximum absolute atomic E-state index is 13.4. The van der Waals surface area contributed by atoms with E-state index in [2.05, 4.69) is 49.5 Å².